The van der Waals surface area contributed by atoms with Gasteiger partial charge in [-0.1, -0.05) is 37.6 Å². The molecule has 2 aromatic carbocycles. The molecular formula is C27H38NO4S2+. The van der Waals surface area contributed by atoms with Crippen LogP contribution in [0.15, 0.2) is 58.3 Å². The third-order valence-corrected chi connectivity index (χ3v) is 8.31. The van der Waals surface area contributed by atoms with Crippen molar-refractivity contribution in [3.8, 4) is 0 Å². The number of rotatable bonds is 17. The Morgan fingerprint density at radius 3 is 1.53 bits per heavy atom. The highest BCUT2D eigenvalue weighted by Crippen LogP contribution is 2.25. The van der Waals surface area contributed by atoms with E-state index in [1.54, 1.807) is 47.8 Å². The van der Waals surface area contributed by atoms with Gasteiger partial charge in [0.25, 0.3) is 0 Å². The molecule has 0 saturated carbocycles. The number of nitrogens with zero attached hydrogens (tertiary/aromatic N) is 1. The topological polar surface area (TPSA) is 74.6 Å². The van der Waals surface area contributed by atoms with Crippen LogP contribution in [-0.2, 0) is 0 Å². The van der Waals surface area contributed by atoms with E-state index in [4.69, 9.17) is 0 Å². The molecule has 0 aliphatic carbocycles. The van der Waals surface area contributed by atoms with Crippen LogP contribution >= 0.6 is 23.5 Å². The van der Waals surface area contributed by atoms with Crippen molar-refractivity contribution in [3.63, 3.8) is 0 Å². The summed E-state index contributed by atoms with van der Waals surface area (Å²) in [7, 11) is 2.36. The van der Waals surface area contributed by atoms with Crippen LogP contribution in [-0.4, -0.2) is 64.8 Å². The SMILES string of the molecule is CCCC[N+](C)(CCCCSc1ccccc1C(=O)O)CCCCSc1ccccc1C(=O)O. The van der Waals surface area contributed by atoms with Crippen molar-refractivity contribution >= 4 is 35.5 Å². The Labute approximate surface area is 212 Å². The average molecular weight is 505 g/mol. The summed E-state index contributed by atoms with van der Waals surface area (Å²) in [6.07, 6.45) is 6.81. The number of hydrogen-bond donors (Lipinski definition) is 2. The van der Waals surface area contributed by atoms with E-state index in [0.717, 1.165) is 64.6 Å². The monoisotopic (exact) mass is 504 g/mol. The van der Waals surface area contributed by atoms with Crippen molar-refractivity contribution in [2.75, 3.05) is 38.2 Å². The van der Waals surface area contributed by atoms with E-state index >= 15 is 0 Å². The lowest BCUT2D eigenvalue weighted by Gasteiger charge is -2.35. The summed E-state index contributed by atoms with van der Waals surface area (Å²) in [5.74, 6) is 0.128. The highest BCUT2D eigenvalue weighted by Gasteiger charge is 2.20. The average Bonchev–Trinajstić information content (AvgIpc) is 2.83. The second-order valence-corrected chi connectivity index (χ2v) is 11.1. The van der Waals surface area contributed by atoms with Gasteiger partial charge in [0, 0.05) is 9.79 Å². The summed E-state index contributed by atoms with van der Waals surface area (Å²) >= 11 is 3.27. The summed E-state index contributed by atoms with van der Waals surface area (Å²) < 4.78 is 1.07. The van der Waals surface area contributed by atoms with Crippen LogP contribution in [0.5, 0.6) is 0 Å². The Bertz CT molecular complexity index is 852. The molecule has 0 saturated heterocycles. The highest BCUT2D eigenvalue weighted by atomic mass is 32.2. The molecule has 2 aromatic rings. The normalized spacial score (nSPS) is 11.5. The number of hydrogen-bond acceptors (Lipinski definition) is 4. The predicted octanol–water partition coefficient (Wildman–Crippen LogP) is 6.77. The summed E-state index contributed by atoms with van der Waals surface area (Å²) in [6.45, 7) is 5.68. The fourth-order valence-electron chi connectivity index (χ4n) is 3.97. The van der Waals surface area contributed by atoms with E-state index in [2.05, 4.69) is 14.0 Å². The molecule has 0 aliphatic rings. The zero-order chi connectivity index (χ0) is 24.8. The van der Waals surface area contributed by atoms with E-state index in [0.29, 0.717) is 11.1 Å². The van der Waals surface area contributed by atoms with Crippen molar-refractivity contribution < 1.29 is 24.3 Å². The van der Waals surface area contributed by atoms with Crippen LogP contribution in [0.3, 0.4) is 0 Å². The number of thioether (sulfide) groups is 2. The maximum Gasteiger partial charge on any atom is 0.336 e. The molecule has 0 spiro atoms. The second kappa shape index (κ2) is 15.1. The van der Waals surface area contributed by atoms with Crippen LogP contribution in [0.1, 0.15) is 66.2 Å². The van der Waals surface area contributed by atoms with Gasteiger partial charge in [0.2, 0.25) is 0 Å². The van der Waals surface area contributed by atoms with Crippen LogP contribution in [0, 0.1) is 0 Å². The van der Waals surface area contributed by atoms with Gasteiger partial charge in [0.15, 0.2) is 0 Å². The smallest absolute Gasteiger partial charge is 0.336 e. The number of quaternary nitrogens is 1. The number of benzene rings is 2. The van der Waals surface area contributed by atoms with Crippen molar-refractivity contribution in [3.05, 3.63) is 59.7 Å². The molecule has 0 unspecified atom stereocenters. The molecule has 0 aliphatic heterocycles. The molecule has 2 rings (SSSR count). The van der Waals surface area contributed by atoms with Gasteiger partial charge in [0.05, 0.1) is 37.8 Å². The van der Waals surface area contributed by atoms with Gasteiger partial charge in [-0.25, -0.2) is 9.59 Å². The molecule has 0 amide bonds. The highest BCUT2D eigenvalue weighted by molar-refractivity contribution is 7.99. The van der Waals surface area contributed by atoms with E-state index in [1.807, 2.05) is 24.3 Å². The zero-order valence-corrected chi connectivity index (χ0v) is 22.0. The first-order valence-electron chi connectivity index (χ1n) is 12.1. The number of unbranched alkanes of at least 4 members (excludes halogenated alkanes) is 3. The minimum atomic E-state index is -0.864. The largest absolute Gasteiger partial charge is 0.478 e. The molecule has 0 atom stereocenters. The first kappa shape index (κ1) is 28.3. The van der Waals surface area contributed by atoms with Gasteiger partial charge >= 0.3 is 11.9 Å². The summed E-state index contributed by atoms with van der Waals surface area (Å²) in [5.41, 5.74) is 0.778. The van der Waals surface area contributed by atoms with E-state index in [-0.39, 0.29) is 0 Å². The molecule has 0 heterocycles. The molecule has 186 valence electrons. The van der Waals surface area contributed by atoms with Crippen molar-refractivity contribution in [2.24, 2.45) is 0 Å². The molecule has 7 heteroatoms. The number of carbonyl (C=O) groups is 2. The van der Waals surface area contributed by atoms with Gasteiger partial charge in [-0.3, -0.25) is 0 Å². The first-order chi connectivity index (χ1) is 16.4. The van der Waals surface area contributed by atoms with Gasteiger partial charge in [0.1, 0.15) is 0 Å². The van der Waals surface area contributed by atoms with Gasteiger partial charge in [-0.2, -0.15) is 0 Å². The molecule has 0 bridgehead atoms. The molecule has 5 nitrogen and oxygen atoms in total. The Balaban J connectivity index is 1.75. The van der Waals surface area contributed by atoms with Crippen molar-refractivity contribution in [1.82, 2.24) is 0 Å². The van der Waals surface area contributed by atoms with E-state index in [1.165, 1.54) is 19.4 Å². The maximum atomic E-state index is 11.4. The first-order valence-corrected chi connectivity index (χ1v) is 14.1. The van der Waals surface area contributed by atoms with Crippen LogP contribution in [0.2, 0.25) is 0 Å². The molecular weight excluding hydrogens is 466 g/mol. The number of carboxylic acid groups (broad SMARTS) is 2. The van der Waals surface area contributed by atoms with E-state index in [9.17, 15) is 19.8 Å². The predicted molar refractivity (Wildman–Crippen MR) is 142 cm³/mol. The third kappa shape index (κ3) is 9.72. The van der Waals surface area contributed by atoms with Gasteiger partial charge in [-0.15, -0.1) is 23.5 Å². The quantitative estimate of drug-likeness (QED) is 0.141. The standard InChI is InChI=1S/C27H37NO4S2/c1-3-4-17-28(2,18-9-11-20-33-24-15-7-5-13-22(24)26(29)30)19-10-12-21-34-25-16-8-6-14-23(25)27(31)32/h5-8,13-16H,3-4,9-12,17-21H2,1-2H3,(H-,29,30,31,32)/p+1. The lowest BCUT2D eigenvalue weighted by molar-refractivity contribution is -0.910. The number of aromatic carboxylic acids is 2. The minimum Gasteiger partial charge on any atom is -0.478 e. The molecule has 0 aromatic heterocycles. The lowest BCUT2D eigenvalue weighted by Crippen LogP contribution is -2.46. The van der Waals surface area contributed by atoms with Crippen molar-refractivity contribution in [1.29, 1.82) is 0 Å². The minimum absolute atomic E-state index is 0.389. The second-order valence-electron chi connectivity index (χ2n) is 8.86. The van der Waals surface area contributed by atoms with Crippen LogP contribution < -0.4 is 0 Å². The lowest BCUT2D eigenvalue weighted by atomic mass is 10.2. The maximum absolute atomic E-state index is 11.4. The molecule has 0 fully saturated rings. The van der Waals surface area contributed by atoms with Crippen LogP contribution in [0.25, 0.3) is 0 Å². The summed E-state index contributed by atoms with van der Waals surface area (Å²) in [4.78, 5) is 24.4. The van der Waals surface area contributed by atoms with Gasteiger partial charge in [-0.05, 0) is 67.9 Å². The fraction of sp³-hybridized carbons (Fsp3) is 0.481. The molecule has 34 heavy (non-hydrogen) atoms. The Morgan fingerprint density at radius 1 is 0.706 bits per heavy atom. The third-order valence-electron chi connectivity index (χ3n) is 5.99. The van der Waals surface area contributed by atoms with E-state index < -0.39 is 11.9 Å². The Kier molecular flexibility index (Phi) is 12.6. The zero-order valence-electron chi connectivity index (χ0n) is 20.4. The van der Waals surface area contributed by atoms with Crippen LogP contribution in [0.4, 0.5) is 0 Å². The molecule has 2 N–H and O–H groups in total. The fourth-order valence-corrected chi connectivity index (χ4v) is 6.08. The Morgan fingerprint density at radius 2 is 1.12 bits per heavy atom. The Hall–Kier alpha value is -1.96. The summed E-state index contributed by atoms with van der Waals surface area (Å²) in [6, 6.07) is 14.5. The van der Waals surface area contributed by atoms with Gasteiger partial charge < -0.3 is 14.7 Å². The van der Waals surface area contributed by atoms with Crippen molar-refractivity contribution in [2.45, 2.75) is 55.2 Å². The summed E-state index contributed by atoms with van der Waals surface area (Å²) in [5, 5.41) is 18.7. The molecule has 0 radical (unpaired) electrons. The number of carboxylic acids is 2.